The molecule has 0 spiro atoms. The summed E-state index contributed by atoms with van der Waals surface area (Å²) in [6, 6.07) is 3.90. The van der Waals surface area contributed by atoms with E-state index in [1.165, 1.54) is 0 Å². The van der Waals surface area contributed by atoms with Crippen LogP contribution in [0.2, 0.25) is 0 Å². The molecule has 0 N–H and O–H groups in total. The van der Waals surface area contributed by atoms with Crippen molar-refractivity contribution in [1.29, 1.82) is 0 Å². The van der Waals surface area contributed by atoms with E-state index >= 15 is 0 Å². The highest BCUT2D eigenvalue weighted by Crippen LogP contribution is 2.24. The first-order valence-corrected chi connectivity index (χ1v) is 6.82. The lowest BCUT2D eigenvalue weighted by Crippen LogP contribution is -2.41. The molecule has 3 fully saturated rings. The molecule has 0 aliphatic carbocycles. The Morgan fingerprint density at radius 3 is 2.65 bits per heavy atom. The predicted molar refractivity (Wildman–Crippen MR) is 66.9 cm³/mol. The maximum atomic E-state index is 12.3. The number of hydrogen-bond acceptors (Lipinski definition) is 3. The fourth-order valence-electron chi connectivity index (χ4n) is 2.72. The van der Waals surface area contributed by atoms with Crippen LogP contribution in [0.1, 0.15) is 23.4 Å². The van der Waals surface area contributed by atoms with E-state index in [0.717, 1.165) is 39.0 Å². The van der Waals surface area contributed by atoms with Crippen LogP contribution in [0.5, 0.6) is 0 Å². The third kappa shape index (κ3) is 2.13. The molecule has 4 heterocycles. The van der Waals surface area contributed by atoms with Gasteiger partial charge in [0, 0.05) is 32.2 Å². The van der Waals surface area contributed by atoms with Gasteiger partial charge < -0.3 is 14.2 Å². The molecule has 3 saturated heterocycles. The molecule has 0 radical (unpaired) electrons. The van der Waals surface area contributed by atoms with Crippen molar-refractivity contribution in [2.45, 2.75) is 18.9 Å². The van der Waals surface area contributed by atoms with Crippen LogP contribution < -0.4 is 0 Å². The van der Waals surface area contributed by atoms with E-state index in [-0.39, 0.29) is 5.91 Å². The van der Waals surface area contributed by atoms with Crippen molar-refractivity contribution in [3.05, 3.63) is 22.6 Å². The average molecular weight is 299 g/mol. The molecule has 3 aliphatic rings. The Balaban J connectivity index is 1.81. The summed E-state index contributed by atoms with van der Waals surface area (Å²) >= 11 is 3.23. The highest BCUT2D eigenvalue weighted by atomic mass is 79.9. The molecule has 1 aromatic rings. The predicted octanol–water partition coefficient (Wildman–Crippen LogP) is 1.96. The minimum Gasteiger partial charge on any atom is -0.444 e. The minimum atomic E-state index is 0.0319. The van der Waals surface area contributed by atoms with Crippen LogP contribution in [0.4, 0.5) is 0 Å². The van der Waals surface area contributed by atoms with E-state index in [2.05, 4.69) is 20.8 Å². The van der Waals surface area contributed by atoms with Crippen molar-refractivity contribution in [3.8, 4) is 0 Å². The molecule has 4 rings (SSSR count). The monoisotopic (exact) mass is 298 g/mol. The van der Waals surface area contributed by atoms with E-state index in [9.17, 15) is 4.79 Å². The maximum Gasteiger partial charge on any atom is 0.289 e. The third-order valence-electron chi connectivity index (χ3n) is 3.70. The van der Waals surface area contributed by atoms with Crippen LogP contribution in [-0.4, -0.2) is 47.9 Å². The standard InChI is InChI=1S/C12H15BrN2O2/c13-11-2-1-10(17-11)12(16)15-8-7-14-5-3-9(15)4-6-14/h1-2,9H,3-8H2. The third-order valence-corrected chi connectivity index (χ3v) is 4.13. The summed E-state index contributed by atoms with van der Waals surface area (Å²) in [5, 5.41) is 0. The van der Waals surface area contributed by atoms with Crippen LogP contribution >= 0.6 is 15.9 Å². The van der Waals surface area contributed by atoms with Gasteiger partial charge in [0.2, 0.25) is 0 Å². The number of halogens is 1. The Morgan fingerprint density at radius 2 is 2.00 bits per heavy atom. The summed E-state index contributed by atoms with van der Waals surface area (Å²) in [6.45, 7) is 4.05. The van der Waals surface area contributed by atoms with Crippen LogP contribution in [0.3, 0.4) is 0 Å². The largest absolute Gasteiger partial charge is 0.444 e. The fraction of sp³-hybridized carbons (Fsp3) is 0.583. The summed E-state index contributed by atoms with van der Waals surface area (Å²) in [7, 11) is 0. The van der Waals surface area contributed by atoms with Gasteiger partial charge in [-0.3, -0.25) is 4.79 Å². The number of nitrogens with zero attached hydrogens (tertiary/aromatic N) is 2. The number of rotatable bonds is 1. The number of amides is 1. The Hall–Kier alpha value is -0.810. The van der Waals surface area contributed by atoms with E-state index in [1.807, 2.05) is 4.90 Å². The van der Waals surface area contributed by atoms with Crippen molar-refractivity contribution in [3.63, 3.8) is 0 Å². The molecule has 4 nitrogen and oxygen atoms in total. The molecule has 0 saturated carbocycles. The van der Waals surface area contributed by atoms with E-state index in [0.29, 0.717) is 16.5 Å². The number of piperidine rings is 1. The molecule has 5 heteroatoms. The second-order valence-electron chi connectivity index (χ2n) is 4.68. The smallest absolute Gasteiger partial charge is 0.289 e. The molecule has 92 valence electrons. The van der Waals surface area contributed by atoms with Gasteiger partial charge in [-0.25, -0.2) is 0 Å². The first-order valence-electron chi connectivity index (χ1n) is 6.03. The molecule has 17 heavy (non-hydrogen) atoms. The molecule has 3 aliphatic heterocycles. The van der Waals surface area contributed by atoms with E-state index in [4.69, 9.17) is 4.42 Å². The van der Waals surface area contributed by atoms with E-state index < -0.39 is 0 Å². The normalized spacial score (nSPS) is 28.2. The SMILES string of the molecule is O=C(c1ccc(Br)o1)N1CCN2CCC1CC2. The lowest BCUT2D eigenvalue weighted by atomic mass is 10.1. The Kier molecular flexibility index (Phi) is 2.96. The van der Waals surface area contributed by atoms with Gasteiger partial charge >= 0.3 is 0 Å². The highest BCUT2D eigenvalue weighted by molar-refractivity contribution is 9.10. The first kappa shape index (κ1) is 11.3. The zero-order valence-corrected chi connectivity index (χ0v) is 11.1. The van der Waals surface area contributed by atoms with Gasteiger partial charge in [-0.2, -0.15) is 0 Å². The molecule has 0 unspecified atom stereocenters. The second-order valence-corrected chi connectivity index (χ2v) is 5.46. The lowest BCUT2D eigenvalue weighted by molar-refractivity contribution is 0.0651. The van der Waals surface area contributed by atoms with Crippen molar-refractivity contribution in [2.75, 3.05) is 26.2 Å². The number of hydrogen-bond donors (Lipinski definition) is 0. The molecule has 0 aromatic carbocycles. The van der Waals surface area contributed by atoms with Crippen molar-refractivity contribution in [2.24, 2.45) is 0 Å². The zero-order valence-electron chi connectivity index (χ0n) is 9.56. The maximum absolute atomic E-state index is 12.3. The number of furan rings is 1. The summed E-state index contributed by atoms with van der Waals surface area (Å²) in [4.78, 5) is 16.8. The Labute approximate surface area is 109 Å². The summed E-state index contributed by atoms with van der Waals surface area (Å²) < 4.78 is 5.97. The van der Waals surface area contributed by atoms with Gasteiger partial charge in [0.25, 0.3) is 5.91 Å². The first-order chi connectivity index (χ1) is 8.24. The molecule has 1 amide bonds. The molecule has 2 bridgehead atoms. The quantitative estimate of drug-likeness (QED) is 0.795. The second kappa shape index (κ2) is 4.46. The Morgan fingerprint density at radius 1 is 1.24 bits per heavy atom. The zero-order chi connectivity index (χ0) is 11.8. The van der Waals surface area contributed by atoms with Crippen LogP contribution in [0.25, 0.3) is 0 Å². The van der Waals surface area contributed by atoms with E-state index in [1.54, 1.807) is 12.1 Å². The topological polar surface area (TPSA) is 36.7 Å². The average Bonchev–Trinajstić information content (AvgIpc) is 2.58. The van der Waals surface area contributed by atoms with Gasteiger partial charge in [0.15, 0.2) is 10.4 Å². The van der Waals surface area contributed by atoms with Gasteiger partial charge in [-0.05, 0) is 40.9 Å². The van der Waals surface area contributed by atoms with Gasteiger partial charge in [-0.15, -0.1) is 0 Å². The number of carbonyl (C=O) groups excluding carboxylic acids is 1. The highest BCUT2D eigenvalue weighted by Gasteiger charge is 2.33. The minimum absolute atomic E-state index is 0.0319. The van der Waals surface area contributed by atoms with Crippen LogP contribution in [-0.2, 0) is 0 Å². The van der Waals surface area contributed by atoms with Gasteiger partial charge in [0.1, 0.15) is 0 Å². The van der Waals surface area contributed by atoms with Crippen molar-refractivity contribution >= 4 is 21.8 Å². The van der Waals surface area contributed by atoms with Gasteiger partial charge in [-0.1, -0.05) is 0 Å². The van der Waals surface area contributed by atoms with Crippen molar-refractivity contribution in [1.82, 2.24) is 9.80 Å². The molecule has 1 aromatic heterocycles. The summed E-state index contributed by atoms with van der Waals surface area (Å²) in [5.74, 6) is 0.474. The molecular weight excluding hydrogens is 284 g/mol. The number of fused-ring (bicyclic) bond motifs is 4. The number of carbonyl (C=O) groups is 1. The summed E-state index contributed by atoms with van der Waals surface area (Å²) in [6.07, 6.45) is 2.18. The van der Waals surface area contributed by atoms with Gasteiger partial charge in [0.05, 0.1) is 0 Å². The lowest BCUT2D eigenvalue weighted by Gasteiger charge is -2.30. The Bertz CT molecular complexity index is 424. The molecular formula is C12H15BrN2O2. The van der Waals surface area contributed by atoms with Crippen LogP contribution in [0, 0.1) is 0 Å². The summed E-state index contributed by atoms with van der Waals surface area (Å²) in [5.41, 5.74) is 0. The fourth-order valence-corrected chi connectivity index (χ4v) is 3.03. The molecule has 0 atom stereocenters. The van der Waals surface area contributed by atoms with Crippen LogP contribution in [0.15, 0.2) is 21.2 Å². The van der Waals surface area contributed by atoms with Crippen molar-refractivity contribution < 1.29 is 9.21 Å².